The Balaban J connectivity index is 1.98. The van der Waals surface area contributed by atoms with Crippen LogP contribution in [0.1, 0.15) is 42.7 Å². The SMILES string of the molecule is Cc1ncsc1CN(C)C1CCCCCC1N. The maximum atomic E-state index is 6.29. The molecule has 0 spiro atoms. The average Bonchev–Trinajstić information content (AvgIpc) is 2.57. The summed E-state index contributed by atoms with van der Waals surface area (Å²) in [7, 11) is 2.20. The first-order chi connectivity index (χ1) is 8.18. The minimum absolute atomic E-state index is 0.343. The van der Waals surface area contributed by atoms with Gasteiger partial charge in [-0.2, -0.15) is 0 Å². The highest BCUT2D eigenvalue weighted by Crippen LogP contribution is 2.23. The summed E-state index contributed by atoms with van der Waals surface area (Å²) in [6.07, 6.45) is 6.39. The fraction of sp³-hybridized carbons (Fsp3) is 0.769. The molecule has 1 heterocycles. The lowest BCUT2D eigenvalue weighted by atomic mass is 10.0. The number of hydrogen-bond acceptors (Lipinski definition) is 4. The summed E-state index contributed by atoms with van der Waals surface area (Å²) in [6.45, 7) is 3.08. The first-order valence-corrected chi connectivity index (χ1v) is 7.41. The van der Waals surface area contributed by atoms with Gasteiger partial charge < -0.3 is 5.73 Å². The highest BCUT2D eigenvalue weighted by Gasteiger charge is 2.24. The molecule has 0 amide bonds. The van der Waals surface area contributed by atoms with E-state index in [4.69, 9.17) is 5.73 Å². The van der Waals surface area contributed by atoms with Gasteiger partial charge in [0.2, 0.25) is 0 Å². The second-order valence-electron chi connectivity index (χ2n) is 5.15. The molecule has 1 aromatic heterocycles. The number of aromatic nitrogens is 1. The maximum absolute atomic E-state index is 6.29. The minimum Gasteiger partial charge on any atom is -0.326 e. The molecule has 0 saturated heterocycles. The van der Waals surface area contributed by atoms with E-state index in [1.165, 1.54) is 42.7 Å². The van der Waals surface area contributed by atoms with E-state index in [1.807, 2.05) is 5.51 Å². The molecule has 2 N–H and O–H groups in total. The van der Waals surface area contributed by atoms with Crippen molar-refractivity contribution in [1.82, 2.24) is 9.88 Å². The summed E-state index contributed by atoms with van der Waals surface area (Å²) in [5.41, 5.74) is 9.40. The van der Waals surface area contributed by atoms with Crippen molar-refractivity contribution in [3.05, 3.63) is 16.1 Å². The van der Waals surface area contributed by atoms with Crippen LogP contribution < -0.4 is 5.73 Å². The van der Waals surface area contributed by atoms with Crippen molar-refractivity contribution in [2.45, 2.75) is 57.7 Å². The predicted octanol–water partition coefficient (Wildman–Crippen LogP) is 2.54. The molecule has 1 aromatic rings. The summed E-state index contributed by atoms with van der Waals surface area (Å²) in [5, 5.41) is 0. The van der Waals surface area contributed by atoms with Crippen molar-refractivity contribution in [3.63, 3.8) is 0 Å². The van der Waals surface area contributed by atoms with E-state index >= 15 is 0 Å². The third-order valence-corrected chi connectivity index (χ3v) is 4.76. The Bertz CT molecular complexity index is 350. The second kappa shape index (κ2) is 5.94. The van der Waals surface area contributed by atoms with Gasteiger partial charge in [-0.1, -0.05) is 19.3 Å². The smallest absolute Gasteiger partial charge is 0.0798 e. The van der Waals surface area contributed by atoms with Crippen LogP contribution in [0.3, 0.4) is 0 Å². The van der Waals surface area contributed by atoms with Gasteiger partial charge in [-0.25, -0.2) is 4.98 Å². The molecule has 0 aromatic carbocycles. The number of nitrogens with zero attached hydrogens (tertiary/aromatic N) is 2. The van der Waals surface area contributed by atoms with Crippen molar-refractivity contribution in [1.29, 1.82) is 0 Å². The molecule has 0 radical (unpaired) electrons. The van der Waals surface area contributed by atoms with Crippen LogP contribution in [0.5, 0.6) is 0 Å². The zero-order valence-electron chi connectivity index (χ0n) is 10.9. The average molecular weight is 253 g/mol. The van der Waals surface area contributed by atoms with Crippen LogP contribution in [0.4, 0.5) is 0 Å². The van der Waals surface area contributed by atoms with Gasteiger partial charge in [-0.3, -0.25) is 4.90 Å². The molecule has 2 rings (SSSR count). The fourth-order valence-electron chi connectivity index (χ4n) is 2.69. The standard InChI is InChI=1S/C13H23N3S/c1-10-13(17-9-15-10)8-16(2)12-7-5-3-4-6-11(12)14/h9,11-12H,3-8,14H2,1-2H3. The molecule has 0 aliphatic heterocycles. The quantitative estimate of drug-likeness (QED) is 0.842. The van der Waals surface area contributed by atoms with Crippen LogP contribution in [-0.2, 0) is 6.54 Å². The molecular formula is C13H23N3S. The fourth-order valence-corrected chi connectivity index (χ4v) is 3.53. The lowest BCUT2D eigenvalue weighted by Gasteiger charge is -2.31. The lowest BCUT2D eigenvalue weighted by molar-refractivity contribution is 0.194. The Morgan fingerprint density at radius 2 is 2.18 bits per heavy atom. The highest BCUT2D eigenvalue weighted by molar-refractivity contribution is 7.09. The Kier molecular flexibility index (Phi) is 4.54. The number of aryl methyl sites for hydroxylation is 1. The molecule has 4 heteroatoms. The monoisotopic (exact) mass is 253 g/mol. The van der Waals surface area contributed by atoms with E-state index in [9.17, 15) is 0 Å². The van der Waals surface area contributed by atoms with Crippen LogP contribution in [0, 0.1) is 6.92 Å². The van der Waals surface area contributed by atoms with Crippen LogP contribution >= 0.6 is 11.3 Å². The third kappa shape index (κ3) is 3.27. The van der Waals surface area contributed by atoms with Gasteiger partial charge in [0.1, 0.15) is 0 Å². The van der Waals surface area contributed by atoms with E-state index in [2.05, 4.69) is 23.9 Å². The molecule has 1 aliphatic carbocycles. The molecular weight excluding hydrogens is 230 g/mol. The maximum Gasteiger partial charge on any atom is 0.0798 e. The number of hydrogen-bond donors (Lipinski definition) is 1. The Hall–Kier alpha value is -0.450. The lowest BCUT2D eigenvalue weighted by Crippen LogP contribution is -2.44. The Labute approximate surface area is 108 Å². The predicted molar refractivity (Wildman–Crippen MR) is 73.2 cm³/mol. The highest BCUT2D eigenvalue weighted by atomic mass is 32.1. The van der Waals surface area contributed by atoms with E-state index in [0.29, 0.717) is 12.1 Å². The van der Waals surface area contributed by atoms with Gasteiger partial charge in [0, 0.05) is 23.5 Å². The van der Waals surface area contributed by atoms with Gasteiger partial charge >= 0.3 is 0 Å². The van der Waals surface area contributed by atoms with Crippen molar-refractivity contribution in [2.75, 3.05) is 7.05 Å². The zero-order chi connectivity index (χ0) is 12.3. The Morgan fingerprint density at radius 1 is 1.41 bits per heavy atom. The molecule has 1 saturated carbocycles. The van der Waals surface area contributed by atoms with Crippen molar-refractivity contribution in [3.8, 4) is 0 Å². The summed E-state index contributed by atoms with van der Waals surface area (Å²) >= 11 is 1.75. The molecule has 3 nitrogen and oxygen atoms in total. The van der Waals surface area contributed by atoms with Crippen molar-refractivity contribution < 1.29 is 0 Å². The zero-order valence-corrected chi connectivity index (χ0v) is 11.7. The largest absolute Gasteiger partial charge is 0.326 e. The number of nitrogens with two attached hydrogens (primary N) is 1. The molecule has 17 heavy (non-hydrogen) atoms. The van der Waals surface area contributed by atoms with Crippen LogP contribution in [-0.4, -0.2) is 29.0 Å². The van der Waals surface area contributed by atoms with Gasteiger partial charge in [-0.15, -0.1) is 11.3 Å². The molecule has 0 bridgehead atoms. The normalized spacial score (nSPS) is 26.1. The molecule has 2 atom stereocenters. The van der Waals surface area contributed by atoms with Gasteiger partial charge in [0.15, 0.2) is 0 Å². The topological polar surface area (TPSA) is 42.2 Å². The summed E-state index contributed by atoms with van der Waals surface area (Å²) < 4.78 is 0. The van der Waals surface area contributed by atoms with E-state index in [-0.39, 0.29) is 0 Å². The van der Waals surface area contributed by atoms with Crippen molar-refractivity contribution in [2.24, 2.45) is 5.73 Å². The number of thiazole rings is 1. The number of likely N-dealkylation sites (N-methyl/N-ethyl adjacent to an activating group) is 1. The first kappa shape index (κ1) is 13.0. The summed E-state index contributed by atoms with van der Waals surface area (Å²) in [6, 6.07) is 0.884. The van der Waals surface area contributed by atoms with Crippen LogP contribution in [0.2, 0.25) is 0 Å². The van der Waals surface area contributed by atoms with E-state index < -0.39 is 0 Å². The Morgan fingerprint density at radius 3 is 2.88 bits per heavy atom. The molecule has 1 aliphatic rings. The summed E-state index contributed by atoms with van der Waals surface area (Å²) in [5.74, 6) is 0. The summed E-state index contributed by atoms with van der Waals surface area (Å²) in [4.78, 5) is 8.12. The van der Waals surface area contributed by atoms with Gasteiger partial charge in [-0.05, 0) is 26.8 Å². The molecule has 1 fully saturated rings. The third-order valence-electron chi connectivity index (χ3n) is 3.84. The van der Waals surface area contributed by atoms with E-state index in [0.717, 1.165) is 6.54 Å². The van der Waals surface area contributed by atoms with Crippen LogP contribution in [0.25, 0.3) is 0 Å². The van der Waals surface area contributed by atoms with Gasteiger partial charge in [0.25, 0.3) is 0 Å². The van der Waals surface area contributed by atoms with Gasteiger partial charge in [0.05, 0.1) is 11.2 Å². The second-order valence-corrected chi connectivity index (χ2v) is 6.08. The first-order valence-electron chi connectivity index (χ1n) is 6.53. The van der Waals surface area contributed by atoms with Crippen molar-refractivity contribution >= 4 is 11.3 Å². The number of rotatable bonds is 3. The van der Waals surface area contributed by atoms with Crippen LogP contribution in [0.15, 0.2) is 5.51 Å². The molecule has 2 unspecified atom stereocenters. The van der Waals surface area contributed by atoms with E-state index in [1.54, 1.807) is 11.3 Å². The minimum atomic E-state index is 0.343. The molecule has 96 valence electrons.